The fourth-order valence-corrected chi connectivity index (χ4v) is 4.81. The largest absolute Gasteiger partial charge is 0.349 e. The monoisotopic (exact) mass is 373 g/mol. The van der Waals surface area contributed by atoms with E-state index in [9.17, 15) is 4.79 Å². The number of rotatable bonds is 5. The number of hydrogen-bond acceptors (Lipinski definition) is 6. The van der Waals surface area contributed by atoms with Crippen LogP contribution >= 0.6 is 22.7 Å². The number of nitrogens with zero attached hydrogens (tertiary/aromatic N) is 4. The molecule has 4 heterocycles. The minimum atomic E-state index is -0.0422. The van der Waals surface area contributed by atoms with Crippen molar-refractivity contribution in [1.29, 1.82) is 0 Å². The molecule has 1 atom stereocenters. The number of nitrogens with one attached hydrogen (secondary N) is 1. The standard InChI is InChI=1S/C17H19N5OS2/c1-12-14(25-17(20-12)21-7-2-3-8-21)15(23)19-11-13-5-4-9-22(13)16-18-6-10-24-16/h2-3,6-8,10,13H,4-5,9,11H2,1H3,(H,19,23). The van der Waals surface area contributed by atoms with Gasteiger partial charge in [0.25, 0.3) is 5.91 Å². The van der Waals surface area contributed by atoms with E-state index in [2.05, 4.69) is 20.2 Å². The molecule has 0 aliphatic carbocycles. The second-order valence-electron chi connectivity index (χ2n) is 6.02. The van der Waals surface area contributed by atoms with Gasteiger partial charge in [-0.15, -0.1) is 11.3 Å². The van der Waals surface area contributed by atoms with Gasteiger partial charge in [-0.05, 0) is 31.9 Å². The minimum absolute atomic E-state index is 0.0422. The summed E-state index contributed by atoms with van der Waals surface area (Å²) in [6.45, 7) is 3.52. The van der Waals surface area contributed by atoms with Crippen LogP contribution in [0.5, 0.6) is 0 Å². The summed E-state index contributed by atoms with van der Waals surface area (Å²) >= 11 is 3.07. The smallest absolute Gasteiger partial charge is 0.263 e. The lowest BCUT2D eigenvalue weighted by atomic mass is 10.2. The van der Waals surface area contributed by atoms with E-state index in [1.54, 1.807) is 11.3 Å². The van der Waals surface area contributed by atoms with Crippen LogP contribution in [0.25, 0.3) is 5.13 Å². The molecule has 1 unspecified atom stereocenters. The van der Waals surface area contributed by atoms with Gasteiger partial charge in [0.15, 0.2) is 10.3 Å². The molecular formula is C17H19N5OS2. The fraction of sp³-hybridized carbons (Fsp3) is 0.353. The topological polar surface area (TPSA) is 63.1 Å². The highest BCUT2D eigenvalue weighted by molar-refractivity contribution is 7.16. The Bertz CT molecular complexity index is 841. The Labute approximate surface area is 154 Å². The summed E-state index contributed by atoms with van der Waals surface area (Å²) in [4.78, 5) is 24.5. The highest BCUT2D eigenvalue weighted by Gasteiger charge is 2.27. The Balaban J connectivity index is 1.42. The molecule has 1 fully saturated rings. The van der Waals surface area contributed by atoms with Crippen LogP contribution in [0.15, 0.2) is 36.1 Å². The van der Waals surface area contributed by atoms with E-state index in [4.69, 9.17) is 0 Å². The lowest BCUT2D eigenvalue weighted by Gasteiger charge is -2.24. The predicted octanol–water partition coefficient (Wildman–Crippen LogP) is 3.10. The Morgan fingerprint density at radius 2 is 2.20 bits per heavy atom. The average Bonchev–Trinajstić information content (AvgIpc) is 3.38. The molecule has 1 saturated heterocycles. The molecule has 8 heteroatoms. The minimum Gasteiger partial charge on any atom is -0.349 e. The third-order valence-electron chi connectivity index (χ3n) is 4.36. The van der Waals surface area contributed by atoms with Gasteiger partial charge in [0.2, 0.25) is 0 Å². The molecule has 0 bridgehead atoms. The van der Waals surface area contributed by atoms with Crippen LogP contribution in [0.1, 0.15) is 28.2 Å². The summed E-state index contributed by atoms with van der Waals surface area (Å²) in [5.41, 5.74) is 0.773. The van der Waals surface area contributed by atoms with Crippen molar-refractivity contribution < 1.29 is 4.79 Å². The van der Waals surface area contributed by atoms with Gasteiger partial charge in [0.05, 0.1) is 5.69 Å². The van der Waals surface area contributed by atoms with Gasteiger partial charge in [-0.3, -0.25) is 4.79 Å². The van der Waals surface area contributed by atoms with Crippen LogP contribution in [-0.4, -0.2) is 39.6 Å². The lowest BCUT2D eigenvalue weighted by Crippen LogP contribution is -2.40. The van der Waals surface area contributed by atoms with Crippen molar-refractivity contribution in [2.75, 3.05) is 18.0 Å². The molecule has 0 saturated carbocycles. The number of hydrogen-bond donors (Lipinski definition) is 1. The molecule has 1 aliphatic heterocycles. The van der Waals surface area contributed by atoms with Crippen molar-refractivity contribution in [2.24, 2.45) is 0 Å². The van der Waals surface area contributed by atoms with Crippen molar-refractivity contribution in [3.05, 3.63) is 46.7 Å². The number of anilines is 1. The third-order valence-corrected chi connectivity index (χ3v) is 6.34. The zero-order valence-corrected chi connectivity index (χ0v) is 15.5. The number of aromatic nitrogens is 3. The molecule has 0 spiro atoms. The van der Waals surface area contributed by atoms with Crippen LogP contribution in [0.3, 0.4) is 0 Å². The highest BCUT2D eigenvalue weighted by atomic mass is 32.1. The van der Waals surface area contributed by atoms with Crippen LogP contribution in [0.4, 0.5) is 5.13 Å². The number of carbonyl (C=O) groups is 1. The molecular weight excluding hydrogens is 354 g/mol. The van der Waals surface area contributed by atoms with Gasteiger partial charge in [-0.25, -0.2) is 9.97 Å². The normalized spacial score (nSPS) is 17.2. The molecule has 3 aromatic rings. The first-order valence-corrected chi connectivity index (χ1v) is 9.97. The maximum atomic E-state index is 12.6. The molecule has 4 rings (SSSR count). The Kier molecular flexibility index (Phi) is 4.54. The first kappa shape index (κ1) is 16.3. The summed E-state index contributed by atoms with van der Waals surface area (Å²) in [6.07, 6.45) is 7.92. The zero-order valence-electron chi connectivity index (χ0n) is 13.9. The SMILES string of the molecule is Cc1nc(-n2cccc2)sc1C(=O)NCC1CCCN1c1nccs1. The lowest BCUT2D eigenvalue weighted by molar-refractivity contribution is 0.0954. The van der Waals surface area contributed by atoms with E-state index < -0.39 is 0 Å². The maximum Gasteiger partial charge on any atom is 0.263 e. The van der Waals surface area contributed by atoms with Gasteiger partial charge < -0.3 is 14.8 Å². The van der Waals surface area contributed by atoms with Gasteiger partial charge in [-0.1, -0.05) is 11.3 Å². The molecule has 25 heavy (non-hydrogen) atoms. The van der Waals surface area contributed by atoms with E-state index in [0.29, 0.717) is 17.5 Å². The fourth-order valence-electron chi connectivity index (χ4n) is 3.11. The molecule has 0 aromatic carbocycles. The first-order valence-electron chi connectivity index (χ1n) is 8.27. The van der Waals surface area contributed by atoms with Crippen LogP contribution in [0, 0.1) is 6.92 Å². The van der Waals surface area contributed by atoms with E-state index in [-0.39, 0.29) is 5.91 Å². The van der Waals surface area contributed by atoms with Crippen molar-refractivity contribution in [3.8, 4) is 5.13 Å². The van der Waals surface area contributed by atoms with Crippen LogP contribution < -0.4 is 10.2 Å². The third kappa shape index (κ3) is 3.32. The number of thiazole rings is 2. The highest BCUT2D eigenvalue weighted by Crippen LogP contribution is 2.27. The Hall–Kier alpha value is -2.19. The summed E-state index contributed by atoms with van der Waals surface area (Å²) < 4.78 is 1.93. The molecule has 1 N–H and O–H groups in total. The van der Waals surface area contributed by atoms with Crippen molar-refractivity contribution >= 4 is 33.7 Å². The summed E-state index contributed by atoms with van der Waals surface area (Å²) in [7, 11) is 0. The van der Waals surface area contributed by atoms with Crippen molar-refractivity contribution in [2.45, 2.75) is 25.8 Å². The van der Waals surface area contributed by atoms with E-state index >= 15 is 0 Å². The van der Waals surface area contributed by atoms with Crippen molar-refractivity contribution in [1.82, 2.24) is 19.9 Å². The quantitative estimate of drug-likeness (QED) is 0.746. The molecule has 6 nitrogen and oxygen atoms in total. The Morgan fingerprint density at radius 1 is 1.36 bits per heavy atom. The van der Waals surface area contributed by atoms with E-state index in [1.807, 2.05) is 47.6 Å². The molecule has 0 radical (unpaired) electrons. The number of carbonyl (C=O) groups excluding carboxylic acids is 1. The number of aryl methyl sites for hydroxylation is 1. The summed E-state index contributed by atoms with van der Waals surface area (Å²) in [6, 6.07) is 4.21. The average molecular weight is 374 g/mol. The Morgan fingerprint density at radius 3 is 2.96 bits per heavy atom. The molecule has 130 valence electrons. The van der Waals surface area contributed by atoms with E-state index in [0.717, 1.165) is 35.3 Å². The second-order valence-corrected chi connectivity index (χ2v) is 7.87. The first-order chi connectivity index (χ1) is 12.2. The maximum absolute atomic E-state index is 12.6. The summed E-state index contributed by atoms with van der Waals surface area (Å²) in [5, 5.41) is 6.94. The van der Waals surface area contributed by atoms with Gasteiger partial charge in [0.1, 0.15) is 4.88 Å². The van der Waals surface area contributed by atoms with E-state index in [1.165, 1.54) is 11.3 Å². The summed E-state index contributed by atoms with van der Waals surface area (Å²) in [5.74, 6) is -0.0422. The molecule has 1 aliphatic rings. The van der Waals surface area contributed by atoms with Gasteiger partial charge in [-0.2, -0.15) is 0 Å². The van der Waals surface area contributed by atoms with Crippen LogP contribution in [-0.2, 0) is 0 Å². The second kappa shape index (κ2) is 6.97. The van der Waals surface area contributed by atoms with Crippen molar-refractivity contribution in [3.63, 3.8) is 0 Å². The zero-order chi connectivity index (χ0) is 17.2. The molecule has 1 amide bonds. The van der Waals surface area contributed by atoms with Crippen LogP contribution in [0.2, 0.25) is 0 Å². The van der Waals surface area contributed by atoms with Gasteiger partial charge >= 0.3 is 0 Å². The molecule has 3 aromatic heterocycles. The van der Waals surface area contributed by atoms with Gasteiger partial charge in [0, 0.05) is 43.1 Å². The number of amides is 1. The predicted molar refractivity (Wildman–Crippen MR) is 101 cm³/mol.